The van der Waals surface area contributed by atoms with Crippen LogP contribution in [0.4, 0.5) is 0 Å². The fourth-order valence-corrected chi connectivity index (χ4v) is 2.72. The molecule has 0 fully saturated rings. The third kappa shape index (κ3) is 1.25. The highest BCUT2D eigenvalue weighted by Crippen LogP contribution is 2.31. The average Bonchev–Trinajstić information content (AvgIpc) is 2.88. The summed E-state index contributed by atoms with van der Waals surface area (Å²) >= 11 is 1.70. The lowest BCUT2D eigenvalue weighted by Gasteiger charge is -2.02. The molecule has 0 aliphatic carbocycles. The zero-order chi connectivity index (χ0) is 11.1. The van der Waals surface area contributed by atoms with Gasteiger partial charge in [-0.1, -0.05) is 0 Å². The number of aromatic nitrogens is 4. The van der Waals surface area contributed by atoms with Gasteiger partial charge >= 0.3 is 0 Å². The number of rotatable bonds is 1. The highest BCUT2D eigenvalue weighted by atomic mass is 32.1. The van der Waals surface area contributed by atoms with Crippen LogP contribution in [0.1, 0.15) is 10.4 Å². The summed E-state index contributed by atoms with van der Waals surface area (Å²) in [5, 5.41) is 5.32. The maximum Gasteiger partial charge on any atom is 0.165 e. The van der Waals surface area contributed by atoms with Gasteiger partial charge in [0.1, 0.15) is 11.2 Å². The van der Waals surface area contributed by atoms with Crippen LogP contribution in [0.3, 0.4) is 0 Å². The van der Waals surface area contributed by atoms with Crippen molar-refractivity contribution in [3.63, 3.8) is 0 Å². The van der Waals surface area contributed by atoms with Crippen molar-refractivity contribution in [2.75, 3.05) is 0 Å². The van der Waals surface area contributed by atoms with Crippen LogP contribution >= 0.6 is 11.3 Å². The largest absolute Gasteiger partial charge is 0.225 e. The fourth-order valence-electron chi connectivity index (χ4n) is 1.73. The summed E-state index contributed by atoms with van der Waals surface area (Å²) in [6, 6.07) is 1.89. The molecule has 5 heteroatoms. The predicted octanol–water partition coefficient (Wildman–Crippen LogP) is 2.49. The van der Waals surface area contributed by atoms with Gasteiger partial charge in [0.15, 0.2) is 5.82 Å². The van der Waals surface area contributed by atoms with Gasteiger partial charge in [-0.15, -0.1) is 11.3 Å². The molecule has 0 aliphatic heterocycles. The molecule has 16 heavy (non-hydrogen) atoms. The molecule has 0 saturated carbocycles. The molecule has 0 amide bonds. The van der Waals surface area contributed by atoms with Crippen molar-refractivity contribution in [3.05, 3.63) is 35.2 Å². The SMILES string of the molecule is Cc1sc2ncnc(-n3cccn3)c2c1C. The van der Waals surface area contributed by atoms with E-state index in [4.69, 9.17) is 0 Å². The summed E-state index contributed by atoms with van der Waals surface area (Å²) in [5.74, 6) is 0.858. The van der Waals surface area contributed by atoms with E-state index in [1.54, 1.807) is 28.5 Å². The van der Waals surface area contributed by atoms with E-state index in [0.717, 1.165) is 16.0 Å². The number of nitrogens with zero attached hydrogens (tertiary/aromatic N) is 4. The van der Waals surface area contributed by atoms with Crippen LogP contribution in [0.2, 0.25) is 0 Å². The minimum atomic E-state index is 0.858. The van der Waals surface area contributed by atoms with Gasteiger partial charge < -0.3 is 0 Å². The van der Waals surface area contributed by atoms with Crippen molar-refractivity contribution in [1.29, 1.82) is 0 Å². The van der Waals surface area contributed by atoms with Crippen LogP contribution in [-0.4, -0.2) is 19.7 Å². The highest BCUT2D eigenvalue weighted by molar-refractivity contribution is 7.18. The van der Waals surface area contributed by atoms with E-state index >= 15 is 0 Å². The molecule has 0 unspecified atom stereocenters. The number of aryl methyl sites for hydroxylation is 2. The number of hydrogen-bond donors (Lipinski definition) is 0. The Balaban J connectivity index is 2.41. The van der Waals surface area contributed by atoms with Crippen LogP contribution < -0.4 is 0 Å². The summed E-state index contributed by atoms with van der Waals surface area (Å²) in [5.41, 5.74) is 1.24. The molecule has 3 rings (SSSR count). The third-order valence-corrected chi connectivity index (χ3v) is 3.78. The number of fused-ring (bicyclic) bond motifs is 1. The quantitative estimate of drug-likeness (QED) is 0.645. The first-order chi connectivity index (χ1) is 7.77. The van der Waals surface area contributed by atoms with E-state index in [-0.39, 0.29) is 0 Å². The first kappa shape index (κ1) is 9.47. The molecule has 0 radical (unpaired) electrons. The van der Waals surface area contributed by atoms with E-state index in [2.05, 4.69) is 28.9 Å². The monoisotopic (exact) mass is 230 g/mol. The van der Waals surface area contributed by atoms with E-state index in [1.165, 1.54) is 10.4 Å². The molecule has 0 saturated heterocycles. The van der Waals surface area contributed by atoms with Crippen LogP contribution in [0.15, 0.2) is 24.8 Å². The van der Waals surface area contributed by atoms with E-state index in [0.29, 0.717) is 0 Å². The van der Waals surface area contributed by atoms with Crippen molar-refractivity contribution in [1.82, 2.24) is 19.7 Å². The maximum atomic E-state index is 4.32. The summed E-state index contributed by atoms with van der Waals surface area (Å²) in [6.07, 6.45) is 5.24. The lowest BCUT2D eigenvalue weighted by Crippen LogP contribution is -1.99. The molecule has 3 aromatic heterocycles. The van der Waals surface area contributed by atoms with Gasteiger partial charge in [-0.25, -0.2) is 14.6 Å². The Morgan fingerprint density at radius 3 is 2.88 bits per heavy atom. The van der Waals surface area contributed by atoms with Crippen molar-refractivity contribution >= 4 is 21.6 Å². The Labute approximate surface area is 96.6 Å². The molecule has 0 N–H and O–H groups in total. The molecule has 3 heterocycles. The second-order valence-electron chi connectivity index (χ2n) is 3.61. The summed E-state index contributed by atoms with van der Waals surface area (Å²) in [7, 11) is 0. The summed E-state index contributed by atoms with van der Waals surface area (Å²) in [6.45, 7) is 4.21. The lowest BCUT2D eigenvalue weighted by atomic mass is 10.2. The molecule has 0 aromatic carbocycles. The first-order valence-electron chi connectivity index (χ1n) is 4.98. The molecule has 4 nitrogen and oxygen atoms in total. The van der Waals surface area contributed by atoms with E-state index < -0.39 is 0 Å². The zero-order valence-corrected chi connectivity index (χ0v) is 9.82. The van der Waals surface area contributed by atoms with Crippen molar-refractivity contribution in [3.8, 4) is 5.82 Å². The molecular weight excluding hydrogens is 220 g/mol. The van der Waals surface area contributed by atoms with Crippen LogP contribution in [-0.2, 0) is 0 Å². The van der Waals surface area contributed by atoms with E-state index in [9.17, 15) is 0 Å². The maximum absolute atomic E-state index is 4.32. The summed E-state index contributed by atoms with van der Waals surface area (Å²) < 4.78 is 1.78. The molecule has 0 atom stereocenters. The van der Waals surface area contributed by atoms with Crippen LogP contribution in [0, 0.1) is 13.8 Å². The van der Waals surface area contributed by atoms with Gasteiger partial charge in [-0.2, -0.15) is 5.10 Å². The minimum absolute atomic E-state index is 0.858. The third-order valence-electron chi connectivity index (χ3n) is 2.67. The Morgan fingerprint density at radius 2 is 2.12 bits per heavy atom. The van der Waals surface area contributed by atoms with Gasteiger partial charge in [0.2, 0.25) is 0 Å². The lowest BCUT2D eigenvalue weighted by molar-refractivity contribution is 0.851. The normalized spacial score (nSPS) is 11.1. The van der Waals surface area contributed by atoms with Gasteiger partial charge in [0.05, 0.1) is 5.39 Å². The smallest absolute Gasteiger partial charge is 0.165 e. The van der Waals surface area contributed by atoms with Gasteiger partial charge in [-0.05, 0) is 25.5 Å². The molecule has 80 valence electrons. The Bertz CT molecular complexity index is 639. The fraction of sp³-hybridized carbons (Fsp3) is 0.182. The van der Waals surface area contributed by atoms with Crippen molar-refractivity contribution in [2.45, 2.75) is 13.8 Å². The first-order valence-corrected chi connectivity index (χ1v) is 5.80. The Morgan fingerprint density at radius 1 is 1.25 bits per heavy atom. The van der Waals surface area contributed by atoms with Gasteiger partial charge in [-0.3, -0.25) is 0 Å². The predicted molar refractivity (Wildman–Crippen MR) is 64.0 cm³/mol. The highest BCUT2D eigenvalue weighted by Gasteiger charge is 2.12. The standard InChI is InChI=1S/C11H10N4S/c1-7-8(2)16-11-9(7)10(12-6-13-11)15-5-3-4-14-15/h3-6H,1-2H3. The van der Waals surface area contributed by atoms with Crippen LogP contribution in [0.25, 0.3) is 16.0 Å². The van der Waals surface area contributed by atoms with E-state index in [1.807, 2.05) is 12.3 Å². The molecule has 0 aliphatic rings. The van der Waals surface area contributed by atoms with Crippen LogP contribution in [0.5, 0.6) is 0 Å². The summed E-state index contributed by atoms with van der Waals surface area (Å²) in [4.78, 5) is 10.9. The Kier molecular flexibility index (Phi) is 2.00. The Hall–Kier alpha value is -1.75. The van der Waals surface area contributed by atoms with Gasteiger partial charge in [0.25, 0.3) is 0 Å². The number of thiophene rings is 1. The number of hydrogen-bond acceptors (Lipinski definition) is 4. The second-order valence-corrected chi connectivity index (χ2v) is 4.81. The molecule has 0 spiro atoms. The zero-order valence-electron chi connectivity index (χ0n) is 9.01. The molecular formula is C11H10N4S. The van der Waals surface area contributed by atoms with Crippen molar-refractivity contribution in [2.24, 2.45) is 0 Å². The van der Waals surface area contributed by atoms with Gasteiger partial charge in [0, 0.05) is 17.3 Å². The minimum Gasteiger partial charge on any atom is -0.225 e. The second kappa shape index (κ2) is 3.38. The molecule has 0 bridgehead atoms. The molecule has 3 aromatic rings. The topological polar surface area (TPSA) is 43.6 Å². The van der Waals surface area contributed by atoms with Crippen molar-refractivity contribution < 1.29 is 0 Å². The average molecular weight is 230 g/mol.